The molecule has 2 rings (SSSR count). The van der Waals surface area contributed by atoms with Crippen molar-refractivity contribution in [1.82, 2.24) is 36.8 Å². The second-order valence-electron chi connectivity index (χ2n) is 18.3. The Bertz CT molecular complexity index is 2070. The fourth-order valence-electron chi connectivity index (χ4n) is 7.47. The molecule has 1 aromatic carbocycles. The van der Waals surface area contributed by atoms with Crippen molar-refractivity contribution in [2.75, 3.05) is 27.2 Å². The van der Waals surface area contributed by atoms with Crippen LogP contribution in [0.3, 0.4) is 0 Å². The number of guanidine groups is 1. The van der Waals surface area contributed by atoms with Gasteiger partial charge < -0.3 is 63.2 Å². The summed E-state index contributed by atoms with van der Waals surface area (Å²) in [6.07, 6.45) is 5.17. The monoisotopic (exact) mass is 981 g/mol. The zero-order valence-electron chi connectivity index (χ0n) is 42.0. The van der Waals surface area contributed by atoms with Crippen molar-refractivity contribution in [3.63, 3.8) is 0 Å². The van der Waals surface area contributed by atoms with Gasteiger partial charge in [0.15, 0.2) is 5.96 Å². The largest absolute Gasteiger partial charge is 0.480 e. The number of ether oxygens (including phenoxy) is 1. The maximum Gasteiger partial charge on any atom is 0.327 e. The average Bonchev–Trinajstić information content (AvgIpc) is 3.30. The molecule has 10 atom stereocenters. The maximum absolute atomic E-state index is 14.4. The van der Waals surface area contributed by atoms with Crippen LogP contribution in [-0.2, 0) is 49.5 Å². The molecule has 1 aliphatic heterocycles. The molecule has 0 bridgehead atoms. The summed E-state index contributed by atoms with van der Waals surface area (Å²) < 4.78 is 5.82. The molecule has 1 aromatic rings. The van der Waals surface area contributed by atoms with Crippen LogP contribution in [0.4, 0.5) is 0 Å². The molecule has 21 nitrogen and oxygen atoms in total. The smallest absolute Gasteiger partial charge is 0.327 e. The number of aliphatic carboxylic acids is 2. The van der Waals surface area contributed by atoms with E-state index in [0.717, 1.165) is 11.1 Å². The van der Waals surface area contributed by atoms with Gasteiger partial charge in [-0.1, -0.05) is 95.3 Å². The number of aliphatic imine (C=N–C) groups is 1. The molecule has 0 spiro atoms. The number of carbonyl (C=O) groups is 8. The number of carboxylic acids is 2. The van der Waals surface area contributed by atoms with Crippen LogP contribution in [0, 0.1) is 23.7 Å². The average molecular weight is 981 g/mol. The van der Waals surface area contributed by atoms with Crippen LogP contribution in [0.25, 0.3) is 0 Å². The Labute approximate surface area is 411 Å². The molecule has 0 radical (unpaired) electrons. The van der Waals surface area contributed by atoms with Crippen molar-refractivity contribution in [3.05, 3.63) is 72.0 Å². The van der Waals surface area contributed by atoms with Crippen LogP contribution < -0.4 is 43.4 Å². The summed E-state index contributed by atoms with van der Waals surface area (Å²) in [5.74, 6) is -10.6. The summed E-state index contributed by atoms with van der Waals surface area (Å²) >= 11 is 0. The van der Waals surface area contributed by atoms with Crippen LogP contribution in [0.5, 0.6) is 0 Å². The second kappa shape index (κ2) is 29.4. The molecule has 1 fully saturated rings. The van der Waals surface area contributed by atoms with Gasteiger partial charge in [-0.25, -0.2) is 9.59 Å². The van der Waals surface area contributed by atoms with Crippen LogP contribution in [0.1, 0.15) is 86.1 Å². The van der Waals surface area contributed by atoms with Gasteiger partial charge in [0.1, 0.15) is 24.2 Å². The first kappa shape index (κ1) is 59.5. The molecule has 1 saturated heterocycles. The number of carboxylic acid groups (broad SMARTS) is 2. The van der Waals surface area contributed by atoms with Crippen molar-refractivity contribution in [2.45, 2.75) is 129 Å². The van der Waals surface area contributed by atoms with Gasteiger partial charge in [0.05, 0.1) is 30.0 Å². The van der Waals surface area contributed by atoms with Crippen molar-refractivity contribution >= 4 is 53.3 Å². The molecule has 12 N–H and O–H groups in total. The van der Waals surface area contributed by atoms with Gasteiger partial charge in [0.25, 0.3) is 0 Å². The summed E-state index contributed by atoms with van der Waals surface area (Å²) in [5.41, 5.74) is 13.1. The molecule has 21 heteroatoms. The minimum atomic E-state index is -1.82. The lowest BCUT2D eigenvalue weighted by Gasteiger charge is -2.28. The van der Waals surface area contributed by atoms with E-state index in [-0.39, 0.29) is 74.8 Å². The van der Waals surface area contributed by atoms with E-state index in [1.807, 2.05) is 50.3 Å². The minimum Gasteiger partial charge on any atom is -0.480 e. The van der Waals surface area contributed by atoms with Gasteiger partial charge >= 0.3 is 11.9 Å². The Morgan fingerprint density at radius 1 is 0.871 bits per heavy atom. The van der Waals surface area contributed by atoms with Crippen molar-refractivity contribution < 1.29 is 53.3 Å². The normalized spacial score (nSPS) is 25.6. The van der Waals surface area contributed by atoms with Gasteiger partial charge in [-0.3, -0.25) is 33.8 Å². The number of nitrogens with zero attached hydrogens (tertiary/aromatic N) is 2. The topological polar surface area (TPSA) is 326 Å². The number of nitrogens with two attached hydrogens (primary N) is 2. The van der Waals surface area contributed by atoms with Crippen molar-refractivity contribution in [2.24, 2.45) is 40.1 Å². The van der Waals surface area contributed by atoms with Crippen LogP contribution in [-0.4, -0.2) is 138 Å². The van der Waals surface area contributed by atoms with E-state index in [0.29, 0.717) is 6.42 Å². The molecule has 0 aromatic heterocycles. The molecule has 1 aliphatic rings. The van der Waals surface area contributed by atoms with E-state index in [4.69, 9.17) is 16.2 Å². The first-order chi connectivity index (χ1) is 32.9. The molecule has 70 heavy (non-hydrogen) atoms. The number of nitrogens with one attached hydrogen (secondary N) is 6. The number of methoxy groups -OCH3 is 1. The summed E-state index contributed by atoms with van der Waals surface area (Å²) in [5, 5.41) is 36.4. The molecule has 388 valence electrons. The highest BCUT2D eigenvalue weighted by molar-refractivity contribution is 5.95. The van der Waals surface area contributed by atoms with Gasteiger partial charge in [-0.2, -0.15) is 0 Å². The van der Waals surface area contributed by atoms with Crippen LogP contribution in [0.2, 0.25) is 0 Å². The lowest BCUT2D eigenvalue weighted by molar-refractivity contribution is -0.146. The third-order valence-electron chi connectivity index (χ3n) is 12.0. The predicted molar refractivity (Wildman–Crippen MR) is 264 cm³/mol. The Hall–Kier alpha value is -6.61. The highest BCUT2D eigenvalue weighted by Gasteiger charge is 2.37. The molecule has 10 unspecified atom stereocenters. The van der Waals surface area contributed by atoms with E-state index >= 15 is 0 Å². The lowest BCUT2D eigenvalue weighted by Crippen LogP contribution is -2.59. The Kier molecular flexibility index (Phi) is 25.0. The third-order valence-corrected chi connectivity index (χ3v) is 12.0. The van der Waals surface area contributed by atoms with E-state index in [9.17, 15) is 48.6 Å². The zero-order chi connectivity index (χ0) is 52.8. The number of carbonyl (C=O) groups excluding carboxylic acids is 6. The highest BCUT2D eigenvalue weighted by atomic mass is 16.5. The Balaban J connectivity index is 2.70. The fraction of sp³-hybridized carbons (Fsp3) is 0.571. The minimum absolute atomic E-state index is 0.0441. The number of rotatable bonds is 15. The van der Waals surface area contributed by atoms with Crippen molar-refractivity contribution in [1.29, 1.82) is 0 Å². The van der Waals surface area contributed by atoms with Gasteiger partial charge in [0.2, 0.25) is 35.4 Å². The van der Waals surface area contributed by atoms with Crippen molar-refractivity contribution in [3.8, 4) is 0 Å². The molecule has 6 amide bonds. The summed E-state index contributed by atoms with van der Waals surface area (Å²) in [4.78, 5) is 113. The number of likely N-dealkylation sites (N-methyl/N-ethyl adjacent to an activating group) is 1. The maximum atomic E-state index is 14.4. The van der Waals surface area contributed by atoms with Crippen LogP contribution in [0.15, 0.2) is 71.4 Å². The van der Waals surface area contributed by atoms with E-state index in [2.05, 4.69) is 43.5 Å². The van der Waals surface area contributed by atoms with Crippen LogP contribution >= 0.6 is 0 Å². The third kappa shape index (κ3) is 20.2. The molecular weight excluding hydrogens is 905 g/mol. The summed E-state index contributed by atoms with van der Waals surface area (Å²) in [7, 11) is 3.05. The predicted octanol–water partition coefficient (Wildman–Crippen LogP) is 1.09. The number of hydrogen-bond donors (Lipinski definition) is 10. The number of allylic oxidation sites excluding steroid dienone is 2. The van der Waals surface area contributed by atoms with Gasteiger partial charge in [-0.15, -0.1) is 0 Å². The van der Waals surface area contributed by atoms with E-state index < -0.39 is 95.5 Å². The molecule has 1 heterocycles. The Morgan fingerprint density at radius 2 is 1.49 bits per heavy atom. The van der Waals surface area contributed by atoms with E-state index in [1.54, 1.807) is 33.1 Å². The zero-order valence-corrected chi connectivity index (χ0v) is 42.0. The summed E-state index contributed by atoms with van der Waals surface area (Å²) in [6, 6.07) is 1.77. The van der Waals surface area contributed by atoms with Gasteiger partial charge in [0, 0.05) is 45.3 Å². The Morgan fingerprint density at radius 3 is 2.07 bits per heavy atom. The first-order valence-corrected chi connectivity index (χ1v) is 23.5. The molecule has 0 aliphatic carbocycles. The quantitative estimate of drug-likeness (QED) is 0.0510. The molecular formula is C49H76N10O11. The standard InChI is InChI=1S/C49H76N10O11/c1-27(2)23-38-46(65)58-41(48(68)69)32(7)43(62)55-36(17-14-22-52-49(50)51)45(64)54-35(19-18-28(3)24-29(4)39(70-10)25-34-15-12-11-13-16-34)31(6)42(61)56-37(47(66)67)20-21-40(60)59(9)30(5)26-53-33(8)44(63)57-38/h11-13,15-16,18-19,24,27,29,31-33,35-39,41,53H,5,14,17,20-23,25-26H2,1-4,6-10H3,(H,54,64)(H,55,62)(H,56,61)(H,57,63)(H,58,65)(H,66,67)(H,68,69)(H4,50,51,52). The first-order valence-electron chi connectivity index (χ1n) is 23.5. The summed E-state index contributed by atoms with van der Waals surface area (Å²) in [6.45, 7) is 15.5. The number of amides is 6. The fourth-order valence-corrected chi connectivity index (χ4v) is 7.47. The number of hydrogen-bond acceptors (Lipinski definition) is 11. The van der Waals surface area contributed by atoms with Gasteiger partial charge in [-0.05, 0) is 57.4 Å². The number of benzene rings is 1. The van der Waals surface area contributed by atoms with E-state index in [1.165, 1.54) is 32.7 Å². The lowest BCUT2D eigenvalue weighted by atomic mass is 9.94. The highest BCUT2D eigenvalue weighted by Crippen LogP contribution is 2.19. The molecule has 0 saturated carbocycles. The second-order valence-corrected chi connectivity index (χ2v) is 18.3. The SMILES string of the molecule is C=C1CNC(C)C(=O)NC(CC(C)C)C(=O)NC(C(=O)O)C(C)C(=O)NC(CCCN=C(N)N)C(=O)NC(C=CC(C)=CC(C)C(Cc2ccccc2)OC)C(C)C(=O)NC(C(=O)O)CCC(=O)N1C.